The number of hydrogen-bond acceptors (Lipinski definition) is 4. The van der Waals surface area contributed by atoms with E-state index in [1.807, 2.05) is 29.0 Å². The number of rotatable bonds is 2. The van der Waals surface area contributed by atoms with Crippen molar-refractivity contribution < 1.29 is 19.4 Å². The minimum Gasteiger partial charge on any atom is -0.481 e. The number of imidazole rings is 1. The molecule has 21 heavy (non-hydrogen) atoms. The van der Waals surface area contributed by atoms with Gasteiger partial charge in [-0.3, -0.25) is 4.79 Å². The van der Waals surface area contributed by atoms with Crippen LogP contribution in [0.3, 0.4) is 0 Å². The quantitative estimate of drug-likeness (QED) is 0.916. The van der Waals surface area contributed by atoms with E-state index in [4.69, 9.17) is 9.47 Å². The van der Waals surface area contributed by atoms with E-state index >= 15 is 0 Å². The number of carboxylic acids is 1. The van der Waals surface area contributed by atoms with Crippen molar-refractivity contribution in [2.75, 3.05) is 6.79 Å². The molecule has 1 aromatic heterocycles. The predicted octanol–water partition coefficient (Wildman–Crippen LogP) is 2.24. The Balaban J connectivity index is 1.75. The van der Waals surface area contributed by atoms with Gasteiger partial charge in [0, 0.05) is 18.3 Å². The fraction of sp³-hybridized carbons (Fsp3) is 0.333. The second-order valence-corrected chi connectivity index (χ2v) is 5.28. The highest BCUT2D eigenvalue weighted by Crippen LogP contribution is 2.36. The van der Waals surface area contributed by atoms with E-state index in [1.54, 1.807) is 0 Å². The Labute approximate surface area is 120 Å². The summed E-state index contributed by atoms with van der Waals surface area (Å²) in [6, 6.07) is 5.65. The normalized spacial score (nSPS) is 19.3. The molecular weight excluding hydrogens is 272 g/mol. The van der Waals surface area contributed by atoms with Crippen LogP contribution in [0.2, 0.25) is 0 Å². The molecule has 1 unspecified atom stereocenters. The lowest BCUT2D eigenvalue weighted by molar-refractivity contribution is -0.139. The molecule has 0 saturated carbocycles. The molecule has 0 spiro atoms. The van der Waals surface area contributed by atoms with Crippen molar-refractivity contribution >= 4 is 5.97 Å². The Hall–Kier alpha value is -2.50. The average molecular weight is 286 g/mol. The first-order valence-electron chi connectivity index (χ1n) is 6.92. The lowest BCUT2D eigenvalue weighted by Crippen LogP contribution is -2.21. The summed E-state index contributed by atoms with van der Waals surface area (Å²) >= 11 is 0. The average Bonchev–Trinajstić information content (AvgIpc) is 3.11. The van der Waals surface area contributed by atoms with E-state index in [2.05, 4.69) is 4.98 Å². The number of benzene rings is 1. The molecular formula is C15H14N2O4. The molecule has 2 aromatic rings. The van der Waals surface area contributed by atoms with Gasteiger partial charge in [0.25, 0.3) is 0 Å². The molecule has 3 heterocycles. The van der Waals surface area contributed by atoms with Crippen molar-refractivity contribution in [1.82, 2.24) is 9.55 Å². The fourth-order valence-electron chi connectivity index (χ4n) is 2.91. The van der Waals surface area contributed by atoms with Crippen LogP contribution < -0.4 is 9.47 Å². The van der Waals surface area contributed by atoms with E-state index in [0.717, 1.165) is 30.0 Å². The zero-order valence-corrected chi connectivity index (χ0v) is 11.3. The molecule has 0 bridgehead atoms. The van der Waals surface area contributed by atoms with Crippen LogP contribution in [0, 0.1) is 0 Å². The van der Waals surface area contributed by atoms with Crippen molar-refractivity contribution in [3.8, 4) is 22.8 Å². The number of aromatic nitrogens is 2. The van der Waals surface area contributed by atoms with Gasteiger partial charge >= 0.3 is 5.97 Å². The van der Waals surface area contributed by atoms with Crippen LogP contribution in [0.1, 0.15) is 24.6 Å². The van der Waals surface area contributed by atoms with Gasteiger partial charge in [-0.05, 0) is 31.0 Å². The first-order valence-corrected chi connectivity index (χ1v) is 6.92. The molecule has 6 heteroatoms. The van der Waals surface area contributed by atoms with Crippen molar-refractivity contribution in [3.63, 3.8) is 0 Å². The molecule has 1 aromatic carbocycles. The molecule has 0 fully saturated rings. The van der Waals surface area contributed by atoms with Gasteiger partial charge in [-0.25, -0.2) is 4.98 Å². The van der Waals surface area contributed by atoms with E-state index in [9.17, 15) is 9.90 Å². The van der Waals surface area contributed by atoms with Gasteiger partial charge in [-0.2, -0.15) is 0 Å². The molecule has 1 atom stereocenters. The first kappa shape index (κ1) is 12.3. The SMILES string of the molecule is O=C(O)C1CCCn2cc(-c3ccc4c(c3)OCO4)nc21. The highest BCUT2D eigenvalue weighted by Gasteiger charge is 2.29. The molecule has 4 rings (SSSR count). The molecule has 0 radical (unpaired) electrons. The zero-order valence-electron chi connectivity index (χ0n) is 11.3. The number of aryl methyl sites for hydroxylation is 1. The summed E-state index contributed by atoms with van der Waals surface area (Å²) in [6.07, 6.45) is 3.43. The third-order valence-corrected chi connectivity index (χ3v) is 3.98. The van der Waals surface area contributed by atoms with Crippen LogP contribution in [0.25, 0.3) is 11.3 Å². The molecule has 2 aliphatic rings. The molecule has 0 amide bonds. The van der Waals surface area contributed by atoms with E-state index in [1.165, 1.54) is 0 Å². The third kappa shape index (κ3) is 1.94. The number of nitrogens with zero attached hydrogens (tertiary/aromatic N) is 2. The summed E-state index contributed by atoms with van der Waals surface area (Å²) in [7, 11) is 0. The second-order valence-electron chi connectivity index (χ2n) is 5.28. The lowest BCUT2D eigenvalue weighted by Gasteiger charge is -2.19. The summed E-state index contributed by atoms with van der Waals surface area (Å²) < 4.78 is 12.6. The summed E-state index contributed by atoms with van der Waals surface area (Å²) in [4.78, 5) is 15.9. The fourth-order valence-corrected chi connectivity index (χ4v) is 2.91. The van der Waals surface area contributed by atoms with Crippen molar-refractivity contribution in [3.05, 3.63) is 30.2 Å². The van der Waals surface area contributed by atoms with Gasteiger partial charge in [0.05, 0.1) is 5.69 Å². The van der Waals surface area contributed by atoms with Gasteiger partial charge in [0.15, 0.2) is 11.5 Å². The molecule has 6 nitrogen and oxygen atoms in total. The molecule has 1 N–H and O–H groups in total. The first-order chi connectivity index (χ1) is 10.2. The zero-order chi connectivity index (χ0) is 14.4. The van der Waals surface area contributed by atoms with Crippen LogP contribution in [0.5, 0.6) is 11.5 Å². The van der Waals surface area contributed by atoms with E-state index in [0.29, 0.717) is 18.0 Å². The predicted molar refractivity (Wildman–Crippen MR) is 73.4 cm³/mol. The number of hydrogen-bond donors (Lipinski definition) is 1. The Morgan fingerprint density at radius 2 is 2.19 bits per heavy atom. The van der Waals surface area contributed by atoms with Crippen LogP contribution in [-0.2, 0) is 11.3 Å². The molecule has 0 aliphatic carbocycles. The number of fused-ring (bicyclic) bond motifs is 2. The van der Waals surface area contributed by atoms with E-state index in [-0.39, 0.29) is 6.79 Å². The second kappa shape index (κ2) is 4.51. The topological polar surface area (TPSA) is 73.6 Å². The summed E-state index contributed by atoms with van der Waals surface area (Å²) in [5, 5.41) is 9.30. The maximum absolute atomic E-state index is 11.3. The number of ether oxygens (including phenoxy) is 2. The molecule has 0 saturated heterocycles. The highest BCUT2D eigenvalue weighted by atomic mass is 16.7. The summed E-state index contributed by atoms with van der Waals surface area (Å²) in [6.45, 7) is 1.05. The smallest absolute Gasteiger partial charge is 0.314 e. The maximum atomic E-state index is 11.3. The third-order valence-electron chi connectivity index (χ3n) is 3.98. The Morgan fingerprint density at radius 1 is 1.33 bits per heavy atom. The maximum Gasteiger partial charge on any atom is 0.314 e. The van der Waals surface area contributed by atoms with Crippen LogP contribution in [-0.4, -0.2) is 27.4 Å². The van der Waals surface area contributed by atoms with Gasteiger partial charge in [-0.15, -0.1) is 0 Å². The van der Waals surface area contributed by atoms with Crippen LogP contribution >= 0.6 is 0 Å². The number of carbonyl (C=O) groups is 1. The monoisotopic (exact) mass is 286 g/mol. The van der Waals surface area contributed by atoms with Crippen LogP contribution in [0.15, 0.2) is 24.4 Å². The summed E-state index contributed by atoms with van der Waals surface area (Å²) in [5.74, 6) is 0.751. The minimum atomic E-state index is -0.807. The van der Waals surface area contributed by atoms with Crippen molar-refractivity contribution in [2.45, 2.75) is 25.3 Å². The van der Waals surface area contributed by atoms with Gasteiger partial charge in [0.2, 0.25) is 6.79 Å². The van der Waals surface area contributed by atoms with Gasteiger partial charge in [0.1, 0.15) is 11.7 Å². The van der Waals surface area contributed by atoms with E-state index < -0.39 is 11.9 Å². The largest absolute Gasteiger partial charge is 0.481 e. The Morgan fingerprint density at radius 3 is 3.05 bits per heavy atom. The Bertz CT molecular complexity index is 722. The highest BCUT2D eigenvalue weighted by molar-refractivity contribution is 5.75. The summed E-state index contributed by atoms with van der Waals surface area (Å²) in [5.41, 5.74) is 1.68. The number of aliphatic carboxylic acids is 1. The van der Waals surface area contributed by atoms with Crippen LogP contribution in [0.4, 0.5) is 0 Å². The Kier molecular flexibility index (Phi) is 2.63. The molecule has 2 aliphatic heterocycles. The molecule has 108 valence electrons. The minimum absolute atomic E-state index is 0.236. The standard InChI is InChI=1S/C15H14N2O4/c18-15(19)10-2-1-5-17-7-11(16-14(10)17)9-3-4-12-13(6-9)21-8-20-12/h3-4,6-7,10H,1-2,5,8H2,(H,18,19). The van der Waals surface area contributed by atoms with Crippen molar-refractivity contribution in [1.29, 1.82) is 0 Å². The van der Waals surface area contributed by atoms with Crippen molar-refractivity contribution in [2.24, 2.45) is 0 Å². The number of carboxylic acid groups (broad SMARTS) is 1. The van der Waals surface area contributed by atoms with Gasteiger partial charge in [-0.1, -0.05) is 0 Å². The van der Waals surface area contributed by atoms with Gasteiger partial charge < -0.3 is 19.1 Å². The lowest BCUT2D eigenvalue weighted by atomic mass is 9.99.